The van der Waals surface area contributed by atoms with Gasteiger partial charge in [-0.05, 0) is 43.2 Å². The molecule has 2 aromatic carbocycles. The summed E-state index contributed by atoms with van der Waals surface area (Å²) in [6.07, 6.45) is -0.876. The molecule has 1 aliphatic rings. The van der Waals surface area contributed by atoms with Gasteiger partial charge in [-0.2, -0.15) is 0 Å². The van der Waals surface area contributed by atoms with Crippen LogP contribution in [0.15, 0.2) is 54.6 Å². The first-order valence-electron chi connectivity index (χ1n) is 9.88. The second kappa shape index (κ2) is 10.4. The van der Waals surface area contributed by atoms with Crippen LogP contribution in [0.3, 0.4) is 0 Å². The van der Waals surface area contributed by atoms with Crippen LogP contribution in [0.2, 0.25) is 0 Å². The lowest BCUT2D eigenvalue weighted by molar-refractivity contribution is -0.279. The molecule has 0 saturated carbocycles. The molecule has 0 aliphatic carbocycles. The molecule has 0 amide bonds. The quantitative estimate of drug-likeness (QED) is 0.625. The molecule has 0 aromatic heterocycles. The summed E-state index contributed by atoms with van der Waals surface area (Å²) in [5, 5.41) is 0. The van der Waals surface area contributed by atoms with Crippen molar-refractivity contribution in [1.29, 1.82) is 0 Å². The van der Waals surface area contributed by atoms with Crippen LogP contribution in [-0.2, 0) is 25.6 Å². The van der Waals surface area contributed by atoms with E-state index in [0.29, 0.717) is 25.2 Å². The van der Waals surface area contributed by atoms with Gasteiger partial charge in [-0.1, -0.05) is 37.3 Å². The molecule has 0 radical (unpaired) electrons. The van der Waals surface area contributed by atoms with E-state index in [-0.39, 0.29) is 18.4 Å². The fourth-order valence-electron chi connectivity index (χ4n) is 3.17. The molecule has 6 nitrogen and oxygen atoms in total. The van der Waals surface area contributed by atoms with Crippen LogP contribution in [0.5, 0.6) is 5.75 Å². The van der Waals surface area contributed by atoms with Gasteiger partial charge < -0.3 is 23.7 Å². The topological polar surface area (TPSA) is 63.2 Å². The Morgan fingerprint density at radius 3 is 2.52 bits per heavy atom. The lowest BCUT2D eigenvalue weighted by Gasteiger charge is -2.38. The van der Waals surface area contributed by atoms with Crippen LogP contribution in [0.1, 0.15) is 36.2 Å². The van der Waals surface area contributed by atoms with Gasteiger partial charge in [0.05, 0.1) is 25.9 Å². The Labute approximate surface area is 171 Å². The van der Waals surface area contributed by atoms with Gasteiger partial charge in [0.1, 0.15) is 24.1 Å². The zero-order chi connectivity index (χ0) is 20.6. The molecule has 1 saturated heterocycles. The summed E-state index contributed by atoms with van der Waals surface area (Å²) in [4.78, 5) is 12.4. The monoisotopic (exact) mass is 400 g/mol. The van der Waals surface area contributed by atoms with Gasteiger partial charge >= 0.3 is 5.97 Å². The molecule has 1 aliphatic heterocycles. The van der Waals surface area contributed by atoms with Gasteiger partial charge in [-0.25, -0.2) is 4.79 Å². The highest BCUT2D eigenvalue weighted by Gasteiger charge is 2.37. The minimum Gasteiger partial charge on any atom is -0.497 e. The summed E-state index contributed by atoms with van der Waals surface area (Å²) < 4.78 is 28.7. The van der Waals surface area contributed by atoms with Crippen molar-refractivity contribution in [1.82, 2.24) is 0 Å². The maximum atomic E-state index is 12.4. The number of hydrogen-bond donors (Lipinski definition) is 0. The van der Waals surface area contributed by atoms with Crippen LogP contribution in [0.25, 0.3) is 0 Å². The Morgan fingerprint density at radius 2 is 1.86 bits per heavy atom. The molecule has 2 aromatic rings. The van der Waals surface area contributed by atoms with Crippen molar-refractivity contribution in [3.63, 3.8) is 0 Å². The van der Waals surface area contributed by atoms with Crippen molar-refractivity contribution < 1.29 is 28.5 Å². The molecule has 1 heterocycles. The fourth-order valence-corrected chi connectivity index (χ4v) is 3.17. The molecule has 4 atom stereocenters. The minimum atomic E-state index is -0.485. The average molecular weight is 400 g/mol. The van der Waals surface area contributed by atoms with Crippen LogP contribution < -0.4 is 4.74 Å². The highest BCUT2D eigenvalue weighted by atomic mass is 16.7. The number of rotatable bonds is 8. The van der Waals surface area contributed by atoms with Crippen LogP contribution in [0.4, 0.5) is 0 Å². The van der Waals surface area contributed by atoms with E-state index in [0.717, 1.165) is 11.3 Å². The number of carbonyl (C=O) groups is 1. The molecule has 1 unspecified atom stereocenters. The third kappa shape index (κ3) is 5.79. The van der Waals surface area contributed by atoms with Gasteiger partial charge in [0.25, 0.3) is 0 Å². The van der Waals surface area contributed by atoms with E-state index in [4.69, 9.17) is 23.7 Å². The first kappa shape index (κ1) is 21.3. The van der Waals surface area contributed by atoms with Crippen molar-refractivity contribution in [2.24, 2.45) is 0 Å². The van der Waals surface area contributed by atoms with Gasteiger partial charge in [-0.15, -0.1) is 0 Å². The molecular formula is C23H28O6. The van der Waals surface area contributed by atoms with Crippen LogP contribution in [-0.4, -0.2) is 44.3 Å². The number of esters is 1. The lowest BCUT2D eigenvalue weighted by atomic mass is 10.1. The summed E-state index contributed by atoms with van der Waals surface area (Å²) in [7, 11) is 1.63. The number of hydrogen-bond acceptors (Lipinski definition) is 6. The number of ether oxygens (including phenoxy) is 5. The Bertz CT molecular complexity index is 761. The Hall–Kier alpha value is -2.41. The second-order valence-corrected chi connectivity index (χ2v) is 6.95. The Morgan fingerprint density at radius 1 is 1.14 bits per heavy atom. The van der Waals surface area contributed by atoms with Gasteiger partial charge in [0.2, 0.25) is 0 Å². The van der Waals surface area contributed by atoms with Crippen molar-refractivity contribution >= 4 is 5.97 Å². The van der Waals surface area contributed by atoms with Crippen molar-refractivity contribution in [3.8, 4) is 5.75 Å². The van der Waals surface area contributed by atoms with Gasteiger partial charge in [0, 0.05) is 0 Å². The smallest absolute Gasteiger partial charge is 0.338 e. The Kier molecular flexibility index (Phi) is 7.63. The minimum absolute atomic E-state index is 0.335. The first-order chi connectivity index (χ1) is 14.1. The average Bonchev–Trinajstić information content (AvgIpc) is 2.78. The maximum Gasteiger partial charge on any atom is 0.338 e. The summed E-state index contributed by atoms with van der Waals surface area (Å²) in [5.41, 5.74) is 1.52. The fraction of sp³-hybridized carbons (Fsp3) is 0.435. The molecule has 3 rings (SSSR count). The number of benzene rings is 2. The molecular weight excluding hydrogens is 372 g/mol. The summed E-state index contributed by atoms with van der Waals surface area (Å²) in [6, 6.07) is 16.6. The van der Waals surface area contributed by atoms with Crippen molar-refractivity contribution in [3.05, 3.63) is 65.7 Å². The molecule has 1 fully saturated rings. The predicted octanol–water partition coefficient (Wildman–Crippen LogP) is 3.98. The summed E-state index contributed by atoms with van der Waals surface area (Å²) in [6.45, 7) is 4.59. The van der Waals surface area contributed by atoms with E-state index in [1.54, 1.807) is 31.4 Å². The van der Waals surface area contributed by atoms with Crippen LogP contribution >= 0.6 is 0 Å². The van der Waals surface area contributed by atoms with E-state index in [1.807, 2.05) is 44.2 Å². The number of methoxy groups -OCH3 is 1. The van der Waals surface area contributed by atoms with E-state index < -0.39 is 12.2 Å². The first-order valence-corrected chi connectivity index (χ1v) is 9.88. The third-order valence-corrected chi connectivity index (χ3v) is 4.84. The lowest BCUT2D eigenvalue weighted by Crippen LogP contribution is -2.51. The Balaban J connectivity index is 1.63. The van der Waals surface area contributed by atoms with Crippen molar-refractivity contribution in [2.75, 3.05) is 13.7 Å². The van der Waals surface area contributed by atoms with E-state index in [9.17, 15) is 4.79 Å². The largest absolute Gasteiger partial charge is 0.497 e. The third-order valence-electron chi connectivity index (χ3n) is 4.84. The zero-order valence-corrected chi connectivity index (χ0v) is 17.1. The highest BCUT2D eigenvalue weighted by Crippen LogP contribution is 2.24. The van der Waals surface area contributed by atoms with Crippen molar-refractivity contribution in [2.45, 2.75) is 51.5 Å². The number of carbonyl (C=O) groups excluding carboxylic acids is 1. The van der Waals surface area contributed by atoms with E-state index in [1.165, 1.54) is 0 Å². The maximum absolute atomic E-state index is 12.4. The SMILES string of the molecule is CC[C@@H]1OC[C@H](OCc2ccc(OC)cc2)[C@@H](C(C)OC(=O)c2ccccc2)O1. The van der Waals surface area contributed by atoms with E-state index in [2.05, 4.69) is 0 Å². The molecule has 156 valence electrons. The highest BCUT2D eigenvalue weighted by molar-refractivity contribution is 5.89. The summed E-state index contributed by atoms with van der Waals surface area (Å²) >= 11 is 0. The molecule has 0 bridgehead atoms. The summed E-state index contributed by atoms with van der Waals surface area (Å²) in [5.74, 6) is 0.415. The predicted molar refractivity (Wildman–Crippen MR) is 108 cm³/mol. The zero-order valence-electron chi connectivity index (χ0n) is 17.1. The standard InChI is InChI=1S/C23H28O6/c1-4-21-27-15-20(26-14-17-10-12-19(25-3)13-11-17)22(29-21)16(2)28-23(24)18-8-6-5-7-9-18/h5-13,16,20-22H,4,14-15H2,1-3H3/t16?,20-,21+,22+/m0/s1. The van der Waals surface area contributed by atoms with Crippen LogP contribution in [0, 0.1) is 0 Å². The second-order valence-electron chi connectivity index (χ2n) is 6.95. The molecule has 6 heteroatoms. The van der Waals surface area contributed by atoms with Gasteiger partial charge in [0.15, 0.2) is 6.29 Å². The molecule has 0 N–H and O–H groups in total. The van der Waals surface area contributed by atoms with E-state index >= 15 is 0 Å². The van der Waals surface area contributed by atoms with Gasteiger partial charge in [-0.3, -0.25) is 0 Å². The normalized spacial score (nSPS) is 22.7. The molecule has 0 spiro atoms. The molecule has 29 heavy (non-hydrogen) atoms.